The number of benzene rings is 1. The van der Waals surface area contributed by atoms with Crippen molar-refractivity contribution in [3.05, 3.63) is 60.4 Å². The van der Waals surface area contributed by atoms with E-state index in [4.69, 9.17) is 10.5 Å². The van der Waals surface area contributed by atoms with E-state index in [1.54, 1.807) is 12.4 Å². The summed E-state index contributed by atoms with van der Waals surface area (Å²) in [7, 11) is 0. The van der Waals surface area contributed by atoms with Crippen LogP contribution < -0.4 is 10.5 Å². The molecule has 0 radical (unpaired) electrons. The zero-order valence-corrected chi connectivity index (χ0v) is 11.2. The number of hydrogen-bond donors (Lipinski definition) is 1. The molecule has 0 bridgehead atoms. The third-order valence-electron chi connectivity index (χ3n) is 3.08. The molecule has 2 aromatic heterocycles. The van der Waals surface area contributed by atoms with Gasteiger partial charge in [0.1, 0.15) is 5.75 Å². The molecule has 0 fully saturated rings. The van der Waals surface area contributed by atoms with Gasteiger partial charge in [-0.15, -0.1) is 0 Å². The monoisotopic (exact) mass is 265 g/mol. The highest BCUT2D eigenvalue weighted by molar-refractivity contribution is 5.79. The van der Waals surface area contributed by atoms with Crippen LogP contribution in [0.1, 0.15) is 18.5 Å². The summed E-state index contributed by atoms with van der Waals surface area (Å²) in [5, 5.41) is 1.08. The third kappa shape index (κ3) is 2.60. The maximum atomic E-state index is 5.86. The Balaban J connectivity index is 1.90. The van der Waals surface area contributed by atoms with Crippen molar-refractivity contribution in [3.63, 3.8) is 0 Å². The Morgan fingerprint density at radius 1 is 1.05 bits per heavy atom. The molecule has 0 amide bonds. The van der Waals surface area contributed by atoms with E-state index in [9.17, 15) is 0 Å². The maximum Gasteiger partial charge on any atom is 0.219 e. The number of nitrogens with two attached hydrogens (primary N) is 1. The highest BCUT2D eigenvalue weighted by atomic mass is 16.5. The van der Waals surface area contributed by atoms with Gasteiger partial charge in [-0.2, -0.15) is 0 Å². The topological polar surface area (TPSA) is 61.0 Å². The maximum absolute atomic E-state index is 5.86. The molecule has 2 N–H and O–H groups in total. The van der Waals surface area contributed by atoms with Crippen molar-refractivity contribution in [2.75, 3.05) is 0 Å². The van der Waals surface area contributed by atoms with Gasteiger partial charge in [0.05, 0.1) is 5.52 Å². The minimum absolute atomic E-state index is 0.0429. The van der Waals surface area contributed by atoms with Crippen LogP contribution in [0.3, 0.4) is 0 Å². The summed E-state index contributed by atoms with van der Waals surface area (Å²) in [5.74, 6) is 1.25. The van der Waals surface area contributed by atoms with Gasteiger partial charge in [-0.05, 0) is 36.8 Å². The van der Waals surface area contributed by atoms with Gasteiger partial charge in [0.25, 0.3) is 0 Å². The van der Waals surface area contributed by atoms with Crippen molar-refractivity contribution in [2.45, 2.75) is 13.0 Å². The second-order valence-electron chi connectivity index (χ2n) is 4.68. The van der Waals surface area contributed by atoms with Crippen LogP contribution in [0.4, 0.5) is 0 Å². The highest BCUT2D eigenvalue weighted by Crippen LogP contribution is 2.24. The quantitative estimate of drug-likeness (QED) is 0.788. The van der Waals surface area contributed by atoms with Gasteiger partial charge in [-0.25, -0.2) is 4.98 Å². The molecule has 0 aliphatic carbocycles. The molecule has 3 rings (SSSR count). The number of aromatic nitrogens is 2. The van der Waals surface area contributed by atoms with Crippen LogP contribution in [0.15, 0.2) is 54.9 Å². The Bertz CT molecular complexity index is 740. The van der Waals surface area contributed by atoms with Crippen molar-refractivity contribution in [1.82, 2.24) is 9.97 Å². The van der Waals surface area contributed by atoms with Gasteiger partial charge in [0.2, 0.25) is 5.88 Å². The molecule has 4 nitrogen and oxygen atoms in total. The van der Waals surface area contributed by atoms with Gasteiger partial charge in [0.15, 0.2) is 0 Å². The molecule has 0 unspecified atom stereocenters. The molecule has 0 saturated carbocycles. The number of pyridine rings is 2. The van der Waals surface area contributed by atoms with Crippen LogP contribution in [0.2, 0.25) is 0 Å². The molecule has 20 heavy (non-hydrogen) atoms. The highest BCUT2D eigenvalue weighted by Gasteiger charge is 2.04. The minimum Gasteiger partial charge on any atom is -0.439 e. The minimum atomic E-state index is -0.0429. The fraction of sp³-hybridized carbons (Fsp3) is 0.125. The van der Waals surface area contributed by atoms with Crippen LogP contribution in [0.25, 0.3) is 10.9 Å². The predicted octanol–water partition coefficient (Wildman–Crippen LogP) is 3.44. The Kier molecular flexibility index (Phi) is 3.31. The predicted molar refractivity (Wildman–Crippen MR) is 78.7 cm³/mol. The lowest BCUT2D eigenvalue weighted by Gasteiger charge is -2.09. The van der Waals surface area contributed by atoms with E-state index in [1.165, 1.54) is 0 Å². The first-order chi connectivity index (χ1) is 9.72. The third-order valence-corrected chi connectivity index (χ3v) is 3.08. The normalized spacial score (nSPS) is 12.3. The smallest absolute Gasteiger partial charge is 0.219 e. The summed E-state index contributed by atoms with van der Waals surface area (Å²) in [5.41, 5.74) is 7.75. The first kappa shape index (κ1) is 12.6. The number of ether oxygens (including phenoxy) is 1. The van der Waals surface area contributed by atoms with Crippen LogP contribution in [-0.4, -0.2) is 9.97 Å². The Morgan fingerprint density at radius 3 is 2.80 bits per heavy atom. The Morgan fingerprint density at radius 2 is 1.95 bits per heavy atom. The number of rotatable bonds is 3. The molecular formula is C16H15N3O. The average Bonchev–Trinajstić information content (AvgIpc) is 2.47. The zero-order valence-electron chi connectivity index (χ0n) is 11.2. The molecule has 0 aliphatic rings. The van der Waals surface area contributed by atoms with Crippen LogP contribution >= 0.6 is 0 Å². The number of hydrogen-bond acceptors (Lipinski definition) is 4. The van der Waals surface area contributed by atoms with Gasteiger partial charge in [0, 0.05) is 36.0 Å². The van der Waals surface area contributed by atoms with E-state index in [2.05, 4.69) is 9.97 Å². The fourth-order valence-electron chi connectivity index (χ4n) is 1.99. The lowest BCUT2D eigenvalue weighted by molar-refractivity contribution is 0.462. The molecule has 2 heterocycles. The van der Waals surface area contributed by atoms with Crippen LogP contribution in [-0.2, 0) is 0 Å². The molecule has 4 heteroatoms. The SMILES string of the molecule is C[C@@H](N)c1ccnc(Oc2ccc3cccnc3c2)c1. The van der Waals surface area contributed by atoms with Gasteiger partial charge >= 0.3 is 0 Å². The van der Waals surface area contributed by atoms with Crippen LogP contribution in [0, 0.1) is 0 Å². The Hall–Kier alpha value is -2.46. The summed E-state index contributed by atoms with van der Waals surface area (Å²) in [6, 6.07) is 13.4. The average molecular weight is 265 g/mol. The summed E-state index contributed by atoms with van der Waals surface area (Å²) in [6.45, 7) is 1.93. The fourth-order valence-corrected chi connectivity index (χ4v) is 1.99. The molecular weight excluding hydrogens is 250 g/mol. The summed E-state index contributed by atoms with van der Waals surface area (Å²) in [4.78, 5) is 8.51. The number of fused-ring (bicyclic) bond motifs is 1. The number of nitrogens with zero attached hydrogens (tertiary/aromatic N) is 2. The second kappa shape index (κ2) is 5.27. The van der Waals surface area contributed by atoms with Gasteiger partial charge in [-0.3, -0.25) is 4.98 Å². The van der Waals surface area contributed by atoms with E-state index in [0.29, 0.717) is 11.6 Å². The van der Waals surface area contributed by atoms with Crippen LogP contribution in [0.5, 0.6) is 11.6 Å². The van der Waals surface area contributed by atoms with Crippen molar-refractivity contribution in [1.29, 1.82) is 0 Å². The summed E-state index contributed by atoms with van der Waals surface area (Å²) in [6.07, 6.45) is 3.47. The summed E-state index contributed by atoms with van der Waals surface area (Å²) < 4.78 is 5.77. The summed E-state index contributed by atoms with van der Waals surface area (Å²) >= 11 is 0. The van der Waals surface area contributed by atoms with Gasteiger partial charge in [-0.1, -0.05) is 6.07 Å². The van der Waals surface area contributed by atoms with E-state index < -0.39 is 0 Å². The van der Waals surface area contributed by atoms with E-state index in [0.717, 1.165) is 16.5 Å². The van der Waals surface area contributed by atoms with Gasteiger partial charge < -0.3 is 10.5 Å². The molecule has 1 atom stereocenters. The Labute approximate surface area is 117 Å². The van der Waals surface area contributed by atoms with Crippen molar-refractivity contribution >= 4 is 10.9 Å². The van der Waals surface area contributed by atoms with E-state index in [-0.39, 0.29) is 6.04 Å². The molecule has 0 saturated heterocycles. The molecule has 0 spiro atoms. The zero-order chi connectivity index (χ0) is 13.9. The van der Waals surface area contributed by atoms with Crippen molar-refractivity contribution in [3.8, 4) is 11.6 Å². The first-order valence-corrected chi connectivity index (χ1v) is 6.46. The van der Waals surface area contributed by atoms with E-state index in [1.807, 2.05) is 49.4 Å². The van der Waals surface area contributed by atoms with Crippen molar-refractivity contribution < 1.29 is 4.74 Å². The molecule has 0 aliphatic heterocycles. The lowest BCUT2D eigenvalue weighted by atomic mass is 10.1. The first-order valence-electron chi connectivity index (χ1n) is 6.46. The van der Waals surface area contributed by atoms with E-state index >= 15 is 0 Å². The largest absolute Gasteiger partial charge is 0.439 e. The van der Waals surface area contributed by atoms with Crippen molar-refractivity contribution in [2.24, 2.45) is 5.73 Å². The molecule has 1 aromatic carbocycles. The molecule has 3 aromatic rings. The molecule has 100 valence electrons. The standard InChI is InChI=1S/C16H15N3O/c1-11(17)13-6-8-19-16(9-13)20-14-5-4-12-3-2-7-18-15(12)10-14/h2-11H,17H2,1H3/t11-/m1/s1. The lowest BCUT2D eigenvalue weighted by Crippen LogP contribution is -2.05. The second-order valence-corrected chi connectivity index (χ2v) is 4.68.